The molecule has 0 saturated heterocycles. The lowest BCUT2D eigenvalue weighted by molar-refractivity contribution is -0.115. The molecule has 3 rings (SSSR count). The average molecular weight is 374 g/mol. The Morgan fingerprint density at radius 3 is 2.57 bits per heavy atom. The zero-order valence-corrected chi connectivity index (χ0v) is 17.2. The zero-order valence-electron chi connectivity index (χ0n) is 17.2. The topological polar surface area (TPSA) is 45.8 Å². The van der Waals surface area contributed by atoms with Crippen molar-refractivity contribution in [1.82, 2.24) is 9.97 Å². The summed E-state index contributed by atoms with van der Waals surface area (Å²) in [7, 11) is 0.533. The molecule has 0 amide bonds. The number of nitrogens with zero attached hydrogens (tertiary/aromatic N) is 1. The number of hydrogen-bond acceptors (Lipinski definition) is 2. The lowest BCUT2D eigenvalue weighted by Gasteiger charge is -2.18. The predicted octanol–water partition coefficient (Wildman–Crippen LogP) is 5.05. The molecule has 146 valence electrons. The minimum Gasteiger partial charge on any atom is -0.338 e. The van der Waals surface area contributed by atoms with E-state index in [1.807, 2.05) is 38.1 Å². The Morgan fingerprint density at radius 1 is 1.11 bits per heavy atom. The number of carbonyl (C=O) groups is 1. The van der Waals surface area contributed by atoms with E-state index in [0.29, 0.717) is 13.0 Å². The third-order valence-corrected chi connectivity index (χ3v) is 5.57. The Kier molecular flexibility index (Phi) is 7.47. The summed E-state index contributed by atoms with van der Waals surface area (Å²) in [5, 5.41) is 0. The minimum absolute atomic E-state index is 0.249. The molecular formula is C24H31BN2O. The number of rotatable bonds is 6. The Bertz CT molecular complexity index is 883. The molecule has 0 bridgehead atoms. The maximum atomic E-state index is 12.8. The first kappa shape index (κ1) is 20.4. The summed E-state index contributed by atoms with van der Waals surface area (Å²) in [5.41, 5.74) is 4.47. The fraction of sp³-hybridized carbons (Fsp3) is 0.417. The van der Waals surface area contributed by atoms with Crippen LogP contribution >= 0.6 is 0 Å². The normalized spacial score (nSPS) is 17.3. The summed E-state index contributed by atoms with van der Waals surface area (Å²) in [5.74, 6) is 1.10. The maximum Gasteiger partial charge on any atom is 0.239 e. The Balaban J connectivity index is 1.77. The van der Waals surface area contributed by atoms with Crippen LogP contribution in [-0.2, 0) is 4.79 Å². The quantitative estimate of drug-likeness (QED) is 0.568. The highest BCUT2D eigenvalue weighted by Crippen LogP contribution is 2.23. The van der Waals surface area contributed by atoms with E-state index in [2.05, 4.69) is 29.3 Å². The van der Waals surface area contributed by atoms with Gasteiger partial charge in [0.15, 0.2) is 0 Å². The molecule has 1 saturated carbocycles. The van der Waals surface area contributed by atoms with Crippen LogP contribution in [0.5, 0.6) is 0 Å². The summed E-state index contributed by atoms with van der Waals surface area (Å²) in [6.07, 6.45) is 18.6. The number of aromatic amines is 1. The fourth-order valence-electron chi connectivity index (χ4n) is 4.02. The van der Waals surface area contributed by atoms with Crippen LogP contribution in [0.4, 0.5) is 0 Å². The van der Waals surface area contributed by atoms with Gasteiger partial charge >= 0.3 is 0 Å². The molecular weight excluding hydrogens is 343 g/mol. The number of H-pyrrole nitrogens is 1. The summed E-state index contributed by atoms with van der Waals surface area (Å²) in [6.45, 7) is 4.01. The zero-order chi connectivity index (χ0) is 19.8. The summed E-state index contributed by atoms with van der Waals surface area (Å²) >= 11 is 0. The van der Waals surface area contributed by atoms with Crippen LogP contribution in [0, 0.1) is 5.92 Å². The van der Waals surface area contributed by atoms with Crippen LogP contribution < -0.4 is 5.46 Å². The number of carbonyl (C=O) groups excluding carboxylic acids is 1. The van der Waals surface area contributed by atoms with Crippen molar-refractivity contribution in [3.8, 4) is 0 Å². The molecule has 0 spiro atoms. The van der Waals surface area contributed by atoms with Gasteiger partial charge in [-0.05, 0) is 38.8 Å². The number of fused-ring (bicyclic) bond motifs is 1. The summed E-state index contributed by atoms with van der Waals surface area (Å²) in [4.78, 5) is 21.0. The van der Waals surface area contributed by atoms with Crippen LogP contribution in [0.2, 0.25) is 0 Å². The maximum absolute atomic E-state index is 12.8. The smallest absolute Gasteiger partial charge is 0.239 e. The number of hydrogen-bond donors (Lipinski definition) is 1. The van der Waals surface area contributed by atoms with Gasteiger partial charge in [0, 0.05) is 11.5 Å². The lowest BCUT2D eigenvalue weighted by atomic mass is 9.60. The average Bonchev–Trinajstić information content (AvgIpc) is 3.08. The highest BCUT2D eigenvalue weighted by atomic mass is 16.1. The molecule has 1 aliphatic carbocycles. The van der Waals surface area contributed by atoms with Gasteiger partial charge in [-0.1, -0.05) is 74.0 Å². The van der Waals surface area contributed by atoms with E-state index in [9.17, 15) is 4.79 Å². The van der Waals surface area contributed by atoms with Crippen LogP contribution in [0.3, 0.4) is 0 Å². The van der Waals surface area contributed by atoms with Gasteiger partial charge < -0.3 is 9.78 Å². The summed E-state index contributed by atoms with van der Waals surface area (Å²) in [6, 6.07) is 6.17. The van der Waals surface area contributed by atoms with Gasteiger partial charge in [-0.25, -0.2) is 4.98 Å². The van der Waals surface area contributed by atoms with E-state index in [4.69, 9.17) is 4.98 Å². The number of nitrogens with one attached hydrogen (secondary N) is 1. The molecule has 0 unspecified atom stereocenters. The molecule has 1 heterocycles. The SMILES string of the molecule is C\C=C/C=C(\C=C/C)c1nc2ccc(BC(=O)C3CCCCCCC3)cc2[nH]1. The second-order valence-corrected chi connectivity index (χ2v) is 7.77. The van der Waals surface area contributed by atoms with Crippen molar-refractivity contribution in [2.24, 2.45) is 5.92 Å². The molecule has 3 nitrogen and oxygen atoms in total. The van der Waals surface area contributed by atoms with E-state index in [1.54, 1.807) is 0 Å². The number of benzene rings is 1. The third-order valence-electron chi connectivity index (χ3n) is 5.57. The van der Waals surface area contributed by atoms with Crippen LogP contribution in [-0.4, -0.2) is 22.9 Å². The number of imidazole rings is 1. The Hall–Kier alpha value is -2.36. The van der Waals surface area contributed by atoms with E-state index in [0.717, 1.165) is 40.7 Å². The van der Waals surface area contributed by atoms with Crippen molar-refractivity contribution in [2.75, 3.05) is 0 Å². The van der Waals surface area contributed by atoms with Crippen LogP contribution in [0.1, 0.15) is 64.6 Å². The van der Waals surface area contributed by atoms with Crippen LogP contribution in [0.15, 0.2) is 48.6 Å². The lowest BCUT2D eigenvalue weighted by Crippen LogP contribution is -2.30. The standard InChI is InChI=1S/C24H31BN2O/c1-3-5-12-19(11-4-2)24-26-21-16-15-20(17-22(21)27-24)25-23(28)18-13-9-7-6-8-10-14-18/h3-5,11-12,15-18,25H,6-10,13-14H2,1-2H3,(H,26,27)/b5-3-,11-4-,19-12+. The van der Waals surface area contributed by atoms with Crippen molar-refractivity contribution in [3.63, 3.8) is 0 Å². The van der Waals surface area contributed by atoms with E-state index < -0.39 is 0 Å². The van der Waals surface area contributed by atoms with Gasteiger partial charge in [0.05, 0.1) is 16.7 Å². The van der Waals surface area contributed by atoms with Gasteiger partial charge in [0.1, 0.15) is 5.82 Å². The molecule has 1 N–H and O–H groups in total. The van der Waals surface area contributed by atoms with Gasteiger partial charge in [0.2, 0.25) is 7.28 Å². The molecule has 0 aliphatic heterocycles. The van der Waals surface area contributed by atoms with E-state index >= 15 is 0 Å². The van der Waals surface area contributed by atoms with Gasteiger partial charge in [0.25, 0.3) is 0 Å². The molecule has 1 aliphatic rings. The first-order valence-corrected chi connectivity index (χ1v) is 10.7. The van der Waals surface area contributed by atoms with Crippen molar-refractivity contribution in [3.05, 3.63) is 54.4 Å². The Labute approximate surface area is 169 Å². The van der Waals surface area contributed by atoms with Gasteiger partial charge in [-0.15, -0.1) is 0 Å². The fourth-order valence-corrected chi connectivity index (χ4v) is 4.02. The molecule has 0 atom stereocenters. The molecule has 1 aromatic carbocycles. The number of allylic oxidation sites excluding steroid dienone is 6. The molecule has 1 fully saturated rings. The first-order valence-electron chi connectivity index (χ1n) is 10.7. The monoisotopic (exact) mass is 374 g/mol. The Morgan fingerprint density at radius 2 is 1.86 bits per heavy atom. The predicted molar refractivity (Wildman–Crippen MR) is 121 cm³/mol. The summed E-state index contributed by atoms with van der Waals surface area (Å²) < 4.78 is 0. The van der Waals surface area contributed by atoms with Gasteiger partial charge in [-0.2, -0.15) is 0 Å². The highest BCUT2D eigenvalue weighted by molar-refractivity contribution is 6.84. The number of aromatic nitrogens is 2. The second-order valence-electron chi connectivity index (χ2n) is 7.77. The van der Waals surface area contributed by atoms with Crippen molar-refractivity contribution in [1.29, 1.82) is 0 Å². The molecule has 4 heteroatoms. The van der Waals surface area contributed by atoms with Crippen molar-refractivity contribution >= 4 is 35.0 Å². The third kappa shape index (κ3) is 5.34. The van der Waals surface area contributed by atoms with Gasteiger partial charge in [-0.3, -0.25) is 0 Å². The van der Waals surface area contributed by atoms with Crippen molar-refractivity contribution in [2.45, 2.75) is 58.8 Å². The molecule has 2 aromatic rings. The molecule has 28 heavy (non-hydrogen) atoms. The van der Waals surface area contributed by atoms with E-state index in [-0.39, 0.29) is 5.92 Å². The highest BCUT2D eigenvalue weighted by Gasteiger charge is 2.20. The molecule has 1 aromatic heterocycles. The molecule has 0 radical (unpaired) electrons. The first-order chi connectivity index (χ1) is 13.7. The van der Waals surface area contributed by atoms with Crippen molar-refractivity contribution < 1.29 is 4.79 Å². The van der Waals surface area contributed by atoms with E-state index in [1.165, 1.54) is 32.1 Å². The minimum atomic E-state index is 0.249. The van der Waals surface area contributed by atoms with Crippen LogP contribution in [0.25, 0.3) is 16.6 Å². The second kappa shape index (κ2) is 10.3. The largest absolute Gasteiger partial charge is 0.338 e.